The van der Waals surface area contributed by atoms with E-state index in [4.69, 9.17) is 4.74 Å². The fourth-order valence-corrected chi connectivity index (χ4v) is 2.33. The van der Waals surface area contributed by atoms with E-state index >= 15 is 0 Å². The highest BCUT2D eigenvalue weighted by atomic mass is 16.5. The van der Waals surface area contributed by atoms with E-state index in [1.807, 2.05) is 20.8 Å². The maximum absolute atomic E-state index is 10.1. The van der Waals surface area contributed by atoms with Gasteiger partial charge in [-0.25, -0.2) is 0 Å². The van der Waals surface area contributed by atoms with Crippen LogP contribution in [-0.4, -0.2) is 12.1 Å². The molecule has 0 saturated heterocycles. The van der Waals surface area contributed by atoms with Crippen molar-refractivity contribution < 1.29 is 9.53 Å². The van der Waals surface area contributed by atoms with Crippen LogP contribution in [0.2, 0.25) is 0 Å². The molecule has 0 aromatic rings. The fourth-order valence-electron chi connectivity index (χ4n) is 2.33. The summed E-state index contributed by atoms with van der Waals surface area (Å²) in [6, 6.07) is 0. The van der Waals surface area contributed by atoms with Crippen molar-refractivity contribution in [3.8, 4) is 0 Å². The molecule has 0 bridgehead atoms. The second-order valence-electron chi connectivity index (χ2n) is 8.49. The molecule has 1 unspecified atom stereocenters. The van der Waals surface area contributed by atoms with Crippen molar-refractivity contribution in [3.05, 3.63) is 0 Å². The molecule has 128 valence electrons. The quantitative estimate of drug-likeness (QED) is 0.543. The first-order valence-electron chi connectivity index (χ1n) is 8.49. The zero-order chi connectivity index (χ0) is 17.3. The summed E-state index contributed by atoms with van der Waals surface area (Å²) in [7, 11) is 0. The second kappa shape index (κ2) is 9.48. The lowest BCUT2D eigenvalue weighted by Gasteiger charge is -2.32. The van der Waals surface area contributed by atoms with Gasteiger partial charge in [0.2, 0.25) is 0 Å². The highest BCUT2D eigenvalue weighted by Gasteiger charge is 2.25. The number of rotatable bonds is 6. The Labute approximate surface area is 134 Å². The summed E-state index contributed by atoms with van der Waals surface area (Å²) in [5.41, 5.74) is 0.752. The molecule has 0 radical (unpaired) electrons. The van der Waals surface area contributed by atoms with Gasteiger partial charge in [-0.3, -0.25) is 4.79 Å². The summed E-state index contributed by atoms with van der Waals surface area (Å²) in [6.45, 7) is 22.9. The van der Waals surface area contributed by atoms with Crippen LogP contribution < -0.4 is 0 Å². The summed E-state index contributed by atoms with van der Waals surface area (Å²) >= 11 is 0. The summed E-state index contributed by atoms with van der Waals surface area (Å²) in [6.07, 6.45) is 4.02. The van der Waals surface area contributed by atoms with Gasteiger partial charge in [0.1, 0.15) is 5.60 Å². The fraction of sp³-hybridized carbons (Fsp3) is 0.947. The van der Waals surface area contributed by atoms with E-state index in [0.717, 1.165) is 25.2 Å². The Morgan fingerprint density at radius 2 is 1.29 bits per heavy atom. The monoisotopic (exact) mass is 300 g/mol. The van der Waals surface area contributed by atoms with Crippen LogP contribution in [0, 0.1) is 16.7 Å². The van der Waals surface area contributed by atoms with E-state index in [9.17, 15) is 4.79 Å². The van der Waals surface area contributed by atoms with Gasteiger partial charge in [0.25, 0.3) is 6.47 Å². The van der Waals surface area contributed by atoms with Gasteiger partial charge in [-0.1, -0.05) is 69.2 Å². The normalized spacial score (nSPS) is 14.0. The van der Waals surface area contributed by atoms with Gasteiger partial charge < -0.3 is 4.74 Å². The number of ether oxygens (including phenoxy) is 1. The second-order valence-corrected chi connectivity index (χ2v) is 8.49. The van der Waals surface area contributed by atoms with Crippen LogP contribution in [0.25, 0.3) is 0 Å². The van der Waals surface area contributed by atoms with Crippen LogP contribution in [0.1, 0.15) is 94.9 Å². The largest absolute Gasteiger partial charge is 0.461 e. The molecule has 0 heterocycles. The van der Waals surface area contributed by atoms with Gasteiger partial charge in [0.05, 0.1) is 0 Å². The Bertz CT molecular complexity index is 256. The molecular weight excluding hydrogens is 260 g/mol. The minimum absolute atomic E-state index is 0.193. The highest BCUT2D eigenvalue weighted by Crippen LogP contribution is 2.35. The van der Waals surface area contributed by atoms with Crippen LogP contribution in [0.4, 0.5) is 0 Å². The molecule has 0 aliphatic carbocycles. The van der Waals surface area contributed by atoms with E-state index in [0.29, 0.717) is 17.3 Å². The standard InChI is InChI=1S/C11H24.C8H16O2/c1-9(11(5,6)7)8-10(2,3)4;1-4-8(5-2,6-3)10-7-9/h9H,8H2,1-7H3;7H,4-6H2,1-3H3. The zero-order valence-corrected chi connectivity index (χ0v) is 16.3. The molecule has 1 atom stereocenters. The van der Waals surface area contributed by atoms with Gasteiger partial charge in [-0.05, 0) is 42.4 Å². The maximum Gasteiger partial charge on any atom is 0.293 e. The minimum atomic E-state index is -0.193. The topological polar surface area (TPSA) is 26.3 Å². The van der Waals surface area contributed by atoms with Crippen LogP contribution in [0.3, 0.4) is 0 Å². The highest BCUT2D eigenvalue weighted by molar-refractivity contribution is 5.38. The number of carbonyl (C=O) groups excluding carboxylic acids is 1. The van der Waals surface area contributed by atoms with E-state index in [-0.39, 0.29) is 5.60 Å². The first kappa shape index (κ1) is 22.7. The van der Waals surface area contributed by atoms with Crippen molar-refractivity contribution in [1.82, 2.24) is 0 Å². The molecule has 0 aromatic carbocycles. The molecule has 2 nitrogen and oxygen atoms in total. The molecule has 0 N–H and O–H groups in total. The van der Waals surface area contributed by atoms with Crippen LogP contribution in [0.15, 0.2) is 0 Å². The first-order chi connectivity index (χ1) is 9.37. The lowest BCUT2D eigenvalue weighted by molar-refractivity contribution is -0.144. The predicted molar refractivity (Wildman–Crippen MR) is 93.4 cm³/mol. The molecule has 2 heteroatoms. The molecule has 0 aliphatic rings. The first-order valence-corrected chi connectivity index (χ1v) is 8.49. The summed E-state index contributed by atoms with van der Waals surface area (Å²) < 4.78 is 5.00. The van der Waals surface area contributed by atoms with Crippen molar-refractivity contribution in [2.75, 3.05) is 0 Å². The third-order valence-corrected chi connectivity index (χ3v) is 4.63. The predicted octanol–water partition coefficient (Wildman–Crippen LogP) is 6.23. The van der Waals surface area contributed by atoms with E-state index in [2.05, 4.69) is 48.5 Å². The van der Waals surface area contributed by atoms with Crippen LogP contribution in [-0.2, 0) is 9.53 Å². The van der Waals surface area contributed by atoms with E-state index in [1.54, 1.807) is 0 Å². The molecule has 0 amide bonds. The summed E-state index contributed by atoms with van der Waals surface area (Å²) in [4.78, 5) is 10.1. The molecule has 0 rings (SSSR count). The van der Waals surface area contributed by atoms with Gasteiger partial charge in [0.15, 0.2) is 0 Å². The summed E-state index contributed by atoms with van der Waals surface area (Å²) in [5.74, 6) is 0.808. The molecular formula is C19H40O2. The van der Waals surface area contributed by atoms with E-state index < -0.39 is 0 Å². The number of hydrogen-bond donors (Lipinski definition) is 0. The van der Waals surface area contributed by atoms with Crippen LogP contribution >= 0.6 is 0 Å². The smallest absolute Gasteiger partial charge is 0.293 e. The molecule has 0 aromatic heterocycles. The third kappa shape index (κ3) is 10.8. The van der Waals surface area contributed by atoms with Crippen molar-refractivity contribution >= 4 is 6.47 Å². The van der Waals surface area contributed by atoms with Gasteiger partial charge in [0, 0.05) is 0 Å². The lowest BCUT2D eigenvalue weighted by atomic mass is 9.73. The Balaban J connectivity index is 0. The maximum atomic E-state index is 10.1. The van der Waals surface area contributed by atoms with Crippen molar-refractivity contribution in [2.24, 2.45) is 16.7 Å². The van der Waals surface area contributed by atoms with Crippen LogP contribution in [0.5, 0.6) is 0 Å². The molecule has 0 aliphatic heterocycles. The van der Waals surface area contributed by atoms with Gasteiger partial charge in [-0.2, -0.15) is 0 Å². The van der Waals surface area contributed by atoms with Crippen molar-refractivity contribution in [2.45, 2.75) is 101 Å². The zero-order valence-electron chi connectivity index (χ0n) is 16.3. The van der Waals surface area contributed by atoms with Crippen molar-refractivity contribution in [3.63, 3.8) is 0 Å². The van der Waals surface area contributed by atoms with E-state index in [1.165, 1.54) is 6.42 Å². The molecule has 21 heavy (non-hydrogen) atoms. The average molecular weight is 301 g/mol. The Morgan fingerprint density at radius 1 is 0.905 bits per heavy atom. The Hall–Kier alpha value is -0.530. The lowest BCUT2D eigenvalue weighted by Crippen LogP contribution is -2.29. The minimum Gasteiger partial charge on any atom is -0.461 e. The van der Waals surface area contributed by atoms with Gasteiger partial charge in [-0.15, -0.1) is 0 Å². The SMILES string of the molecule is CC(CC(C)(C)C)C(C)(C)C.CCC(CC)(CC)OC=O. The van der Waals surface area contributed by atoms with Gasteiger partial charge >= 0.3 is 0 Å². The summed E-state index contributed by atoms with van der Waals surface area (Å²) in [5, 5.41) is 0. The molecule has 0 spiro atoms. The Morgan fingerprint density at radius 3 is 1.38 bits per heavy atom. The van der Waals surface area contributed by atoms with Crippen molar-refractivity contribution in [1.29, 1.82) is 0 Å². The number of carbonyl (C=O) groups is 1. The third-order valence-electron chi connectivity index (χ3n) is 4.63. The average Bonchev–Trinajstić information content (AvgIpc) is 2.34. The molecule has 0 saturated carbocycles. The number of hydrogen-bond acceptors (Lipinski definition) is 2. The Kier molecular flexibility index (Phi) is 10.3. The molecule has 0 fully saturated rings.